The lowest BCUT2D eigenvalue weighted by molar-refractivity contribution is 0.118. The summed E-state index contributed by atoms with van der Waals surface area (Å²) in [5.41, 5.74) is 5.70. The van der Waals surface area contributed by atoms with Crippen LogP contribution in [0.1, 0.15) is 51.9 Å². The number of aliphatic hydroxyl groups is 1. The molecule has 1 aromatic rings. The molecule has 1 aliphatic heterocycles. The fourth-order valence-corrected chi connectivity index (χ4v) is 4.97. The van der Waals surface area contributed by atoms with Gasteiger partial charge in [-0.15, -0.1) is 0 Å². The first-order chi connectivity index (χ1) is 16.3. The second kappa shape index (κ2) is 10.1. The third kappa shape index (κ3) is 5.06. The summed E-state index contributed by atoms with van der Waals surface area (Å²) in [5, 5.41) is 15.8. The molecule has 4 rings (SSSR count). The van der Waals surface area contributed by atoms with Crippen LogP contribution >= 0.6 is 0 Å². The number of rotatable bonds is 5. The molecule has 0 unspecified atom stereocenters. The van der Waals surface area contributed by atoms with Crippen LogP contribution in [0, 0.1) is 23.4 Å². The monoisotopic (exact) mass is 476 g/mol. The highest BCUT2D eigenvalue weighted by molar-refractivity contribution is 6.18. The van der Waals surface area contributed by atoms with Crippen LogP contribution in [0.25, 0.3) is 0 Å². The van der Waals surface area contributed by atoms with Gasteiger partial charge in [-0.25, -0.2) is 23.2 Å². The van der Waals surface area contributed by atoms with Crippen LogP contribution in [-0.2, 0) is 0 Å². The van der Waals surface area contributed by atoms with E-state index in [2.05, 4.69) is 34.1 Å². The topological polar surface area (TPSA) is 98.3 Å². The van der Waals surface area contributed by atoms with Crippen molar-refractivity contribution >= 4 is 17.5 Å². The number of nitrogens with one attached hydrogen (secondary N) is 2. The first kappa shape index (κ1) is 24.1. The molecule has 5 N–H and O–H groups in total. The summed E-state index contributed by atoms with van der Waals surface area (Å²) in [7, 11) is 0. The van der Waals surface area contributed by atoms with Crippen molar-refractivity contribution in [3.05, 3.63) is 53.9 Å². The molecule has 184 valence electrons. The van der Waals surface area contributed by atoms with E-state index in [0.717, 1.165) is 32.1 Å². The fraction of sp³-hybridized carbons (Fsp3) is 0.500. The summed E-state index contributed by atoms with van der Waals surface area (Å²) in [6.07, 6.45) is 6.89. The minimum atomic E-state index is -1.06. The number of halogens is 3. The number of hydrogen-bond acceptors (Lipinski definition) is 6. The Morgan fingerprint density at radius 3 is 2.44 bits per heavy atom. The number of guanidine groups is 1. The minimum Gasteiger partial charge on any atom is -0.403 e. The zero-order chi connectivity index (χ0) is 24.4. The number of hydrogen-bond donors (Lipinski definition) is 4. The fourth-order valence-electron chi connectivity index (χ4n) is 4.97. The van der Waals surface area contributed by atoms with Crippen LogP contribution in [0.3, 0.4) is 0 Å². The van der Waals surface area contributed by atoms with Crippen molar-refractivity contribution in [1.29, 1.82) is 0 Å². The summed E-state index contributed by atoms with van der Waals surface area (Å²) >= 11 is 0. The molecule has 10 heteroatoms. The summed E-state index contributed by atoms with van der Waals surface area (Å²) < 4.78 is 42.2. The number of anilines is 1. The molecule has 3 aliphatic rings. The first-order valence-corrected chi connectivity index (χ1v) is 11.7. The Kier molecular flexibility index (Phi) is 7.16. The molecule has 0 radical (unpaired) electrons. The minimum absolute atomic E-state index is 0.0216. The molecular formula is C24H31F3N6O. The van der Waals surface area contributed by atoms with E-state index in [1.54, 1.807) is 0 Å². The predicted molar refractivity (Wildman–Crippen MR) is 126 cm³/mol. The standard InChI is InChI=1S/C24H31F3N6O/c1-13-4-3-5-21(13)33-23(30-14(2)29-16-6-8-17(34)9-7-16)20(12-28)31-24(33)32-22-18(26)10-15(25)11-19(22)27/h10-13,16-17,21,29,34H,2-9,28H2,1H3,(H,31,32)/b20-12+,30-23+/t13-,16-,17-,21+/m1/s1. The molecule has 2 atom stereocenters. The smallest absolute Gasteiger partial charge is 0.210 e. The number of aliphatic hydroxyl groups excluding tert-OH is 1. The van der Waals surface area contributed by atoms with E-state index in [1.807, 2.05) is 4.90 Å². The maximum atomic E-state index is 14.4. The number of aliphatic imine (C=N–C) groups is 2. The summed E-state index contributed by atoms with van der Waals surface area (Å²) in [6.45, 7) is 6.15. The second-order valence-corrected chi connectivity index (χ2v) is 9.23. The Bertz CT molecular complexity index is 1010. The van der Waals surface area contributed by atoms with Gasteiger partial charge in [0.05, 0.1) is 6.10 Å². The van der Waals surface area contributed by atoms with Crippen LogP contribution in [-0.4, -0.2) is 40.0 Å². The molecule has 2 saturated carbocycles. The largest absolute Gasteiger partial charge is 0.403 e. The lowest BCUT2D eigenvalue weighted by atomic mass is 9.93. The Balaban J connectivity index is 1.63. The van der Waals surface area contributed by atoms with Gasteiger partial charge in [0.1, 0.15) is 23.0 Å². The predicted octanol–water partition coefficient (Wildman–Crippen LogP) is 3.94. The van der Waals surface area contributed by atoms with E-state index >= 15 is 0 Å². The van der Waals surface area contributed by atoms with E-state index in [9.17, 15) is 18.3 Å². The average molecular weight is 477 g/mol. The zero-order valence-electron chi connectivity index (χ0n) is 19.2. The Morgan fingerprint density at radius 2 is 1.85 bits per heavy atom. The van der Waals surface area contributed by atoms with Gasteiger partial charge in [-0.05, 0) is 44.4 Å². The van der Waals surface area contributed by atoms with Gasteiger partial charge in [-0.2, -0.15) is 0 Å². The van der Waals surface area contributed by atoms with Crippen molar-refractivity contribution in [1.82, 2.24) is 10.2 Å². The molecule has 1 aromatic carbocycles. The van der Waals surface area contributed by atoms with E-state index in [4.69, 9.17) is 5.73 Å². The SMILES string of the molecule is C=C(/N=C1\C(=C/N)N=C(Nc2c(F)cc(F)cc2F)N1[C@H]1CCC[C@H]1C)N[C@H]1CC[C@H](O)CC1. The van der Waals surface area contributed by atoms with Crippen LogP contribution in [0.15, 0.2) is 46.4 Å². The molecule has 34 heavy (non-hydrogen) atoms. The third-order valence-electron chi connectivity index (χ3n) is 6.77. The maximum absolute atomic E-state index is 14.4. The van der Waals surface area contributed by atoms with Crippen LogP contribution in [0.4, 0.5) is 18.9 Å². The summed E-state index contributed by atoms with van der Waals surface area (Å²) in [6, 6.07) is 1.36. The Hall–Kier alpha value is -3.01. The van der Waals surface area contributed by atoms with Gasteiger partial charge in [-0.3, -0.25) is 4.90 Å². The zero-order valence-corrected chi connectivity index (χ0v) is 19.2. The van der Waals surface area contributed by atoms with Crippen molar-refractivity contribution in [3.63, 3.8) is 0 Å². The second-order valence-electron chi connectivity index (χ2n) is 9.23. The quantitative estimate of drug-likeness (QED) is 0.516. The van der Waals surface area contributed by atoms with Crippen molar-refractivity contribution < 1.29 is 18.3 Å². The lowest BCUT2D eigenvalue weighted by Gasteiger charge is -2.31. The number of amidine groups is 1. The number of benzene rings is 1. The van der Waals surface area contributed by atoms with E-state index < -0.39 is 23.1 Å². The molecule has 0 spiro atoms. The normalized spacial score (nSPS) is 29.6. The Labute approximate surface area is 197 Å². The van der Waals surface area contributed by atoms with Gasteiger partial charge in [0.25, 0.3) is 0 Å². The van der Waals surface area contributed by atoms with Crippen LogP contribution < -0.4 is 16.4 Å². The molecule has 7 nitrogen and oxygen atoms in total. The molecule has 0 amide bonds. The summed E-state index contributed by atoms with van der Waals surface area (Å²) in [5.74, 6) is -1.83. The average Bonchev–Trinajstić information content (AvgIpc) is 3.34. The molecule has 1 heterocycles. The third-order valence-corrected chi connectivity index (χ3v) is 6.77. The van der Waals surface area contributed by atoms with Gasteiger partial charge >= 0.3 is 0 Å². The molecular weight excluding hydrogens is 445 g/mol. The van der Waals surface area contributed by atoms with E-state index in [0.29, 0.717) is 42.3 Å². The van der Waals surface area contributed by atoms with E-state index in [-0.39, 0.29) is 30.1 Å². The van der Waals surface area contributed by atoms with Crippen LogP contribution in [0.2, 0.25) is 0 Å². The molecule has 0 aromatic heterocycles. The van der Waals surface area contributed by atoms with E-state index in [1.165, 1.54) is 6.20 Å². The van der Waals surface area contributed by atoms with Crippen molar-refractivity contribution in [2.24, 2.45) is 21.6 Å². The van der Waals surface area contributed by atoms with Crippen molar-refractivity contribution in [2.75, 3.05) is 5.32 Å². The van der Waals surface area contributed by atoms with Gasteiger partial charge in [-0.1, -0.05) is 19.9 Å². The van der Waals surface area contributed by atoms with Gasteiger partial charge in [0.15, 0.2) is 17.5 Å². The molecule has 2 aliphatic carbocycles. The van der Waals surface area contributed by atoms with Crippen molar-refractivity contribution in [2.45, 2.75) is 70.1 Å². The van der Waals surface area contributed by atoms with Gasteiger partial charge in [0, 0.05) is 30.4 Å². The highest BCUT2D eigenvalue weighted by Gasteiger charge is 2.39. The highest BCUT2D eigenvalue weighted by atomic mass is 19.1. The summed E-state index contributed by atoms with van der Waals surface area (Å²) in [4.78, 5) is 11.0. The van der Waals surface area contributed by atoms with Crippen LogP contribution in [0.5, 0.6) is 0 Å². The number of nitrogens with two attached hydrogens (primary N) is 1. The first-order valence-electron chi connectivity index (χ1n) is 11.7. The molecule has 2 fully saturated rings. The molecule has 0 bridgehead atoms. The van der Waals surface area contributed by atoms with Gasteiger partial charge in [0.2, 0.25) is 5.96 Å². The lowest BCUT2D eigenvalue weighted by Crippen LogP contribution is -2.46. The number of nitrogens with zero attached hydrogens (tertiary/aromatic N) is 3. The van der Waals surface area contributed by atoms with Gasteiger partial charge < -0.3 is 21.5 Å². The Morgan fingerprint density at radius 1 is 1.18 bits per heavy atom. The van der Waals surface area contributed by atoms with Crippen molar-refractivity contribution in [3.8, 4) is 0 Å². The maximum Gasteiger partial charge on any atom is 0.210 e. The molecule has 0 saturated heterocycles. The highest BCUT2D eigenvalue weighted by Crippen LogP contribution is 2.34.